The van der Waals surface area contributed by atoms with Gasteiger partial charge in [-0.1, -0.05) is 18.9 Å². The highest BCUT2D eigenvalue weighted by atomic mass is 16.6. The summed E-state index contributed by atoms with van der Waals surface area (Å²) in [4.78, 5) is 64.7. The number of fused-ring (bicyclic) bond motifs is 1. The lowest BCUT2D eigenvalue weighted by atomic mass is 9.81. The average Bonchev–Trinajstić information content (AvgIpc) is 3.37. The first-order valence-electron chi connectivity index (χ1n) is 12.4. The van der Waals surface area contributed by atoms with Crippen LogP contribution in [0.25, 0.3) is 0 Å². The van der Waals surface area contributed by atoms with E-state index in [2.05, 4.69) is 0 Å². The number of ether oxygens (including phenoxy) is 1. The maximum absolute atomic E-state index is 12.9. The van der Waals surface area contributed by atoms with E-state index in [1.54, 1.807) is 44.2 Å². The number of anilines is 2. The number of carbonyl (C=O) groups is 4. The van der Waals surface area contributed by atoms with E-state index in [1.165, 1.54) is 15.9 Å². The molecule has 2 aliphatic heterocycles. The fourth-order valence-corrected chi connectivity index (χ4v) is 5.62. The van der Waals surface area contributed by atoms with Crippen LogP contribution in [0.2, 0.25) is 0 Å². The molecule has 10 heteroatoms. The van der Waals surface area contributed by atoms with Crippen LogP contribution in [0.5, 0.6) is 5.75 Å². The number of rotatable bonds is 5. The van der Waals surface area contributed by atoms with E-state index in [9.17, 15) is 29.3 Å². The van der Waals surface area contributed by atoms with Gasteiger partial charge in [-0.15, -0.1) is 0 Å². The van der Waals surface area contributed by atoms with Crippen molar-refractivity contribution in [1.82, 2.24) is 0 Å². The summed E-state index contributed by atoms with van der Waals surface area (Å²) in [6, 6.07) is 9.28. The molecule has 0 bridgehead atoms. The van der Waals surface area contributed by atoms with Crippen LogP contribution in [0.15, 0.2) is 36.4 Å². The molecule has 10 nitrogen and oxygen atoms in total. The summed E-state index contributed by atoms with van der Waals surface area (Å²) in [5.41, 5.74) is 1.86. The summed E-state index contributed by atoms with van der Waals surface area (Å²) in [6.07, 6.45) is 3.28. The van der Waals surface area contributed by atoms with Crippen molar-refractivity contribution in [1.29, 1.82) is 0 Å². The van der Waals surface area contributed by atoms with Crippen LogP contribution in [-0.2, 0) is 19.2 Å². The number of nitro groups is 1. The molecule has 37 heavy (non-hydrogen) atoms. The monoisotopic (exact) mass is 505 g/mol. The minimum Gasteiger partial charge on any atom is -0.426 e. The SMILES string of the molecule is Cc1cc(OC(=O)[C@@H]2CC(=O)N(c3ccc(C)c([N+](=O)[O-])c3)C2)ccc1N1C(=O)[C@@H]2CCCC[C@H]2C1=O. The third-order valence-electron chi connectivity index (χ3n) is 7.63. The van der Waals surface area contributed by atoms with E-state index in [4.69, 9.17) is 4.74 Å². The van der Waals surface area contributed by atoms with Crippen molar-refractivity contribution in [3.8, 4) is 5.75 Å². The van der Waals surface area contributed by atoms with Crippen molar-refractivity contribution < 1.29 is 28.8 Å². The third kappa shape index (κ3) is 4.36. The number of aryl methyl sites for hydroxylation is 2. The molecule has 3 atom stereocenters. The smallest absolute Gasteiger partial charge is 0.316 e. The molecule has 0 radical (unpaired) electrons. The number of hydrogen-bond donors (Lipinski definition) is 0. The summed E-state index contributed by atoms with van der Waals surface area (Å²) in [7, 11) is 0. The number of nitro benzene ring substituents is 1. The second-order valence-electron chi connectivity index (χ2n) is 10.0. The van der Waals surface area contributed by atoms with Crippen LogP contribution in [0.4, 0.5) is 17.1 Å². The second kappa shape index (κ2) is 9.42. The highest BCUT2D eigenvalue weighted by Crippen LogP contribution is 2.41. The normalized spacial score (nSPS) is 23.4. The van der Waals surface area contributed by atoms with Gasteiger partial charge in [-0.3, -0.25) is 29.3 Å². The van der Waals surface area contributed by atoms with E-state index in [0.717, 1.165) is 25.7 Å². The minimum atomic E-state index is -0.738. The summed E-state index contributed by atoms with van der Waals surface area (Å²) < 4.78 is 5.54. The van der Waals surface area contributed by atoms with Gasteiger partial charge in [0.15, 0.2) is 0 Å². The number of carbonyl (C=O) groups excluding carboxylic acids is 4. The third-order valence-corrected chi connectivity index (χ3v) is 7.63. The number of benzene rings is 2. The van der Waals surface area contributed by atoms with Crippen molar-refractivity contribution in [2.24, 2.45) is 17.8 Å². The zero-order valence-corrected chi connectivity index (χ0v) is 20.6. The lowest BCUT2D eigenvalue weighted by Crippen LogP contribution is -2.31. The second-order valence-corrected chi connectivity index (χ2v) is 10.0. The fourth-order valence-electron chi connectivity index (χ4n) is 5.62. The van der Waals surface area contributed by atoms with Gasteiger partial charge in [-0.05, 0) is 56.5 Å². The van der Waals surface area contributed by atoms with Crippen molar-refractivity contribution in [3.05, 3.63) is 57.6 Å². The average molecular weight is 506 g/mol. The molecule has 1 aliphatic carbocycles. The van der Waals surface area contributed by atoms with Gasteiger partial charge in [-0.2, -0.15) is 0 Å². The van der Waals surface area contributed by atoms with E-state index in [0.29, 0.717) is 22.5 Å². The van der Waals surface area contributed by atoms with E-state index in [1.807, 2.05) is 0 Å². The first-order valence-corrected chi connectivity index (χ1v) is 12.4. The Bertz CT molecular complexity index is 1310. The molecule has 0 aromatic heterocycles. The van der Waals surface area contributed by atoms with Gasteiger partial charge < -0.3 is 9.64 Å². The molecule has 5 rings (SSSR count). The highest BCUT2D eigenvalue weighted by Gasteiger charge is 2.49. The number of nitrogens with zero attached hydrogens (tertiary/aromatic N) is 3. The van der Waals surface area contributed by atoms with Crippen molar-refractivity contribution >= 4 is 40.8 Å². The lowest BCUT2D eigenvalue weighted by molar-refractivity contribution is -0.385. The largest absolute Gasteiger partial charge is 0.426 e. The van der Waals surface area contributed by atoms with Crippen LogP contribution in [0, 0.1) is 41.7 Å². The van der Waals surface area contributed by atoms with Gasteiger partial charge in [-0.25, -0.2) is 4.90 Å². The molecular weight excluding hydrogens is 478 g/mol. The standard InChI is InChI=1S/C27H27N3O7/c1-15-7-8-18(13-23(15)30(35)36)28-14-17(12-24(28)31)27(34)37-19-9-10-22(16(2)11-19)29-25(32)20-5-3-4-6-21(20)26(29)33/h7-11,13,17,20-21H,3-6,12,14H2,1-2H3/t17-,20-,21-/m1/s1. The quantitative estimate of drug-likeness (QED) is 0.199. The molecular formula is C27H27N3O7. The Morgan fingerprint density at radius 3 is 2.27 bits per heavy atom. The van der Waals surface area contributed by atoms with Crippen LogP contribution in [0.3, 0.4) is 0 Å². The summed E-state index contributed by atoms with van der Waals surface area (Å²) >= 11 is 0. The topological polar surface area (TPSA) is 127 Å². The number of hydrogen-bond acceptors (Lipinski definition) is 7. The zero-order chi connectivity index (χ0) is 26.4. The molecule has 3 fully saturated rings. The predicted octanol–water partition coefficient (Wildman–Crippen LogP) is 3.85. The Kier molecular flexibility index (Phi) is 6.26. The molecule has 0 unspecified atom stereocenters. The van der Waals surface area contributed by atoms with E-state index < -0.39 is 16.8 Å². The van der Waals surface area contributed by atoms with Gasteiger partial charge in [0.05, 0.1) is 34.1 Å². The molecule has 0 spiro atoms. The molecule has 2 saturated heterocycles. The lowest BCUT2D eigenvalue weighted by Gasteiger charge is -2.19. The van der Waals surface area contributed by atoms with Gasteiger partial charge in [0.2, 0.25) is 17.7 Å². The molecule has 2 aromatic rings. The summed E-state index contributed by atoms with van der Waals surface area (Å²) in [6.45, 7) is 3.42. The Morgan fingerprint density at radius 2 is 1.65 bits per heavy atom. The first kappa shape index (κ1) is 24.6. The van der Waals surface area contributed by atoms with Crippen molar-refractivity contribution in [2.45, 2.75) is 46.0 Å². The van der Waals surface area contributed by atoms with Gasteiger partial charge in [0, 0.05) is 24.6 Å². The molecule has 2 aromatic carbocycles. The molecule has 0 N–H and O–H groups in total. The molecule has 3 aliphatic rings. The fraction of sp³-hybridized carbons (Fsp3) is 0.407. The van der Waals surface area contributed by atoms with Crippen molar-refractivity contribution in [3.63, 3.8) is 0 Å². The Morgan fingerprint density at radius 1 is 0.973 bits per heavy atom. The maximum atomic E-state index is 12.9. The number of imide groups is 1. The first-order chi connectivity index (χ1) is 17.7. The van der Waals surface area contributed by atoms with E-state index >= 15 is 0 Å². The molecule has 3 amide bonds. The maximum Gasteiger partial charge on any atom is 0.316 e. The Labute approximate surface area is 213 Å². The Balaban J connectivity index is 1.28. The number of amides is 3. The summed E-state index contributed by atoms with van der Waals surface area (Å²) in [5, 5.41) is 11.3. The van der Waals surface area contributed by atoms with Crippen LogP contribution >= 0.6 is 0 Å². The van der Waals surface area contributed by atoms with Crippen LogP contribution in [-0.4, -0.2) is 35.2 Å². The number of esters is 1. The van der Waals surface area contributed by atoms with Crippen LogP contribution < -0.4 is 14.5 Å². The Hall–Kier alpha value is -4.08. The van der Waals surface area contributed by atoms with E-state index in [-0.39, 0.29) is 54.0 Å². The van der Waals surface area contributed by atoms with Gasteiger partial charge in [0.1, 0.15) is 5.75 Å². The summed E-state index contributed by atoms with van der Waals surface area (Å²) in [5.74, 6) is -2.24. The van der Waals surface area contributed by atoms with Gasteiger partial charge >= 0.3 is 5.97 Å². The van der Waals surface area contributed by atoms with Gasteiger partial charge in [0.25, 0.3) is 5.69 Å². The highest BCUT2D eigenvalue weighted by molar-refractivity contribution is 6.22. The molecule has 1 saturated carbocycles. The zero-order valence-electron chi connectivity index (χ0n) is 20.6. The van der Waals surface area contributed by atoms with Crippen molar-refractivity contribution in [2.75, 3.05) is 16.3 Å². The molecule has 192 valence electrons. The van der Waals surface area contributed by atoms with Crippen LogP contribution in [0.1, 0.15) is 43.2 Å². The predicted molar refractivity (Wildman–Crippen MR) is 133 cm³/mol. The molecule has 2 heterocycles. The minimum absolute atomic E-state index is 0.0501.